The van der Waals surface area contributed by atoms with Gasteiger partial charge >= 0.3 is 0 Å². The number of nitrogens with one attached hydrogen (secondary N) is 2. The number of nitrogens with zero attached hydrogens (tertiary/aromatic N) is 3. The number of guanidine groups is 1. The molecule has 1 aromatic rings. The number of benzene rings is 1. The number of hydrogen-bond donors (Lipinski definition) is 2. The van der Waals surface area contributed by atoms with Gasteiger partial charge in [-0.3, -0.25) is 4.90 Å². The minimum Gasteiger partial charge on any atom is -0.357 e. The Morgan fingerprint density at radius 3 is 2.23 bits per heavy atom. The zero-order valence-electron chi connectivity index (χ0n) is 18.9. The molecule has 0 saturated carbocycles. The molecule has 0 atom stereocenters. The maximum atomic E-state index is 12.3. The molecule has 8 heteroatoms. The van der Waals surface area contributed by atoms with Gasteiger partial charge in [0.15, 0.2) is 5.96 Å². The van der Waals surface area contributed by atoms with Crippen molar-refractivity contribution < 1.29 is 8.42 Å². The molecule has 0 bridgehead atoms. The number of aliphatic imine (C=N–C) groups is 1. The van der Waals surface area contributed by atoms with Gasteiger partial charge in [0.2, 0.25) is 10.0 Å². The van der Waals surface area contributed by atoms with E-state index in [2.05, 4.69) is 44.8 Å². The summed E-state index contributed by atoms with van der Waals surface area (Å²) < 4.78 is 26.1. The summed E-state index contributed by atoms with van der Waals surface area (Å²) in [6.07, 6.45) is 3.98. The lowest BCUT2D eigenvalue weighted by molar-refractivity contribution is 0.221. The van der Waals surface area contributed by atoms with Gasteiger partial charge in [-0.05, 0) is 44.0 Å². The van der Waals surface area contributed by atoms with E-state index in [4.69, 9.17) is 0 Å². The zero-order chi connectivity index (χ0) is 21.8. The largest absolute Gasteiger partial charge is 0.357 e. The summed E-state index contributed by atoms with van der Waals surface area (Å²) >= 11 is 0. The third-order valence-electron chi connectivity index (χ3n) is 5.39. The fourth-order valence-corrected chi connectivity index (χ4v) is 5.09. The van der Waals surface area contributed by atoms with Crippen molar-refractivity contribution in [3.05, 3.63) is 35.4 Å². The molecule has 170 valence electrons. The van der Waals surface area contributed by atoms with Gasteiger partial charge in [-0.2, -0.15) is 0 Å². The molecular weight excluding hydrogens is 398 g/mol. The van der Waals surface area contributed by atoms with Crippen molar-refractivity contribution in [3.8, 4) is 0 Å². The van der Waals surface area contributed by atoms with Crippen molar-refractivity contribution in [1.29, 1.82) is 0 Å². The second kappa shape index (κ2) is 12.9. The molecular formula is C22H39N5O2S. The molecule has 0 aliphatic carbocycles. The summed E-state index contributed by atoms with van der Waals surface area (Å²) in [5.41, 5.74) is 2.49. The van der Waals surface area contributed by atoms with E-state index in [-0.39, 0.29) is 5.75 Å². The summed E-state index contributed by atoms with van der Waals surface area (Å²) in [5, 5.41) is 6.33. The van der Waals surface area contributed by atoms with Crippen LogP contribution in [0.4, 0.5) is 0 Å². The Hall–Kier alpha value is -1.64. The second-order valence-electron chi connectivity index (χ2n) is 7.68. The fraction of sp³-hybridized carbons (Fsp3) is 0.682. The molecule has 0 spiro atoms. The predicted octanol–water partition coefficient (Wildman–Crippen LogP) is 2.40. The summed E-state index contributed by atoms with van der Waals surface area (Å²) in [6, 6.07) is 8.65. The highest BCUT2D eigenvalue weighted by Crippen LogP contribution is 2.14. The number of rotatable bonds is 11. The molecule has 1 aliphatic heterocycles. The number of hydrogen-bond acceptors (Lipinski definition) is 4. The Labute approximate surface area is 183 Å². The van der Waals surface area contributed by atoms with Gasteiger partial charge in [0.1, 0.15) is 0 Å². The van der Waals surface area contributed by atoms with Crippen molar-refractivity contribution in [2.75, 3.05) is 45.0 Å². The Morgan fingerprint density at radius 1 is 1.00 bits per heavy atom. The first-order valence-corrected chi connectivity index (χ1v) is 12.9. The molecule has 7 nitrogen and oxygen atoms in total. The van der Waals surface area contributed by atoms with Crippen LogP contribution < -0.4 is 10.6 Å². The summed E-state index contributed by atoms with van der Waals surface area (Å²) in [6.45, 7) is 11.8. The lowest BCUT2D eigenvalue weighted by atomic mass is 10.1. The summed E-state index contributed by atoms with van der Waals surface area (Å²) in [7, 11) is -3.23. The van der Waals surface area contributed by atoms with Crippen LogP contribution in [0.25, 0.3) is 0 Å². The van der Waals surface area contributed by atoms with Gasteiger partial charge in [0.25, 0.3) is 0 Å². The van der Waals surface area contributed by atoms with Crippen LogP contribution in [0, 0.1) is 0 Å². The average molecular weight is 438 g/mol. The Kier molecular flexibility index (Phi) is 10.6. The smallest absolute Gasteiger partial charge is 0.215 e. The quantitative estimate of drug-likeness (QED) is 0.411. The van der Waals surface area contributed by atoms with E-state index < -0.39 is 10.0 Å². The Morgan fingerprint density at radius 2 is 1.63 bits per heavy atom. The number of likely N-dealkylation sites (tertiary alicyclic amines) is 1. The van der Waals surface area contributed by atoms with Gasteiger partial charge < -0.3 is 10.6 Å². The monoisotopic (exact) mass is 437 g/mol. The van der Waals surface area contributed by atoms with Crippen LogP contribution in [0.1, 0.15) is 51.2 Å². The van der Waals surface area contributed by atoms with Crippen LogP contribution in [0.5, 0.6) is 0 Å². The van der Waals surface area contributed by atoms with Crippen LogP contribution in [0.2, 0.25) is 0 Å². The Bertz CT molecular complexity index is 739. The highest BCUT2D eigenvalue weighted by molar-refractivity contribution is 7.89. The van der Waals surface area contributed by atoms with E-state index in [1.54, 1.807) is 0 Å². The second-order valence-corrected chi connectivity index (χ2v) is 9.76. The Balaban J connectivity index is 1.86. The third kappa shape index (κ3) is 8.24. The lowest BCUT2D eigenvalue weighted by Gasteiger charge is -2.26. The lowest BCUT2D eigenvalue weighted by Crippen LogP contribution is -2.42. The molecule has 2 N–H and O–H groups in total. The van der Waals surface area contributed by atoms with E-state index in [1.807, 2.05) is 20.8 Å². The highest BCUT2D eigenvalue weighted by Gasteiger charge is 2.18. The van der Waals surface area contributed by atoms with Crippen molar-refractivity contribution in [1.82, 2.24) is 19.8 Å². The first-order valence-electron chi connectivity index (χ1n) is 11.3. The van der Waals surface area contributed by atoms with Crippen molar-refractivity contribution >= 4 is 16.0 Å². The molecule has 30 heavy (non-hydrogen) atoms. The topological polar surface area (TPSA) is 77.0 Å². The normalized spacial score (nSPS) is 16.1. The zero-order valence-corrected chi connectivity index (χ0v) is 19.7. The van der Waals surface area contributed by atoms with Crippen LogP contribution in [-0.2, 0) is 23.1 Å². The minimum atomic E-state index is -3.23. The molecule has 0 radical (unpaired) electrons. The highest BCUT2D eigenvalue weighted by atomic mass is 32.2. The van der Waals surface area contributed by atoms with Crippen LogP contribution in [0.15, 0.2) is 29.3 Å². The molecule has 1 saturated heterocycles. The number of sulfonamides is 1. The van der Waals surface area contributed by atoms with Gasteiger partial charge in [0.05, 0.1) is 12.3 Å². The van der Waals surface area contributed by atoms with Gasteiger partial charge in [0, 0.05) is 32.7 Å². The third-order valence-corrected chi connectivity index (χ3v) is 7.42. The van der Waals surface area contributed by atoms with E-state index in [9.17, 15) is 8.42 Å². The SMILES string of the molecule is CCNC(=NCc1ccc(CN2CCCCC2)cc1)NCCS(=O)(=O)N(CC)CC. The van der Waals surface area contributed by atoms with Crippen molar-refractivity contribution in [3.63, 3.8) is 0 Å². The molecule has 0 amide bonds. The summed E-state index contributed by atoms with van der Waals surface area (Å²) in [5.74, 6) is 0.703. The van der Waals surface area contributed by atoms with E-state index in [1.165, 1.54) is 42.2 Å². The molecule has 1 heterocycles. The summed E-state index contributed by atoms with van der Waals surface area (Å²) in [4.78, 5) is 7.13. The van der Waals surface area contributed by atoms with Crippen LogP contribution in [0.3, 0.4) is 0 Å². The van der Waals surface area contributed by atoms with Crippen LogP contribution >= 0.6 is 0 Å². The van der Waals surface area contributed by atoms with E-state index in [0.717, 1.165) is 18.7 Å². The average Bonchev–Trinajstić information content (AvgIpc) is 2.74. The number of piperidine rings is 1. The van der Waals surface area contributed by atoms with Crippen molar-refractivity contribution in [2.45, 2.75) is 53.1 Å². The van der Waals surface area contributed by atoms with Gasteiger partial charge in [-0.15, -0.1) is 0 Å². The van der Waals surface area contributed by atoms with E-state index >= 15 is 0 Å². The molecule has 1 fully saturated rings. The maximum Gasteiger partial charge on any atom is 0.215 e. The fourth-order valence-electron chi connectivity index (χ4n) is 3.68. The maximum absolute atomic E-state index is 12.3. The van der Waals surface area contributed by atoms with Crippen LogP contribution in [-0.4, -0.2) is 68.6 Å². The van der Waals surface area contributed by atoms with Crippen molar-refractivity contribution in [2.24, 2.45) is 4.99 Å². The first kappa shape index (κ1) is 24.6. The van der Waals surface area contributed by atoms with E-state index in [0.29, 0.717) is 32.1 Å². The molecule has 0 aromatic heterocycles. The molecule has 1 aliphatic rings. The first-order chi connectivity index (χ1) is 14.5. The minimum absolute atomic E-state index is 0.0598. The molecule has 0 unspecified atom stereocenters. The predicted molar refractivity (Wildman–Crippen MR) is 125 cm³/mol. The molecule has 2 rings (SSSR count). The van der Waals surface area contributed by atoms with Gasteiger partial charge in [-0.1, -0.05) is 44.5 Å². The molecule has 1 aromatic carbocycles. The standard InChI is InChI=1S/C22H39N5O2S/c1-4-23-22(24-14-17-30(28,29)27(5-2)6-3)25-18-20-10-12-21(13-11-20)19-26-15-8-7-9-16-26/h10-13H,4-9,14-19H2,1-3H3,(H2,23,24,25). The van der Waals surface area contributed by atoms with Gasteiger partial charge in [-0.25, -0.2) is 17.7 Å².